The van der Waals surface area contributed by atoms with E-state index in [1.807, 2.05) is 0 Å². The predicted octanol–water partition coefficient (Wildman–Crippen LogP) is 0.240. The van der Waals surface area contributed by atoms with Crippen molar-refractivity contribution in [1.29, 1.82) is 0 Å². The molecule has 9 heteroatoms. The minimum absolute atomic E-state index is 0.0833. The van der Waals surface area contributed by atoms with Crippen molar-refractivity contribution in [2.45, 2.75) is 4.21 Å². The van der Waals surface area contributed by atoms with E-state index in [0.29, 0.717) is 11.3 Å². The molecule has 0 unspecified atom stereocenters. The van der Waals surface area contributed by atoms with Crippen LogP contribution in [0, 0.1) is 0 Å². The van der Waals surface area contributed by atoms with Crippen molar-refractivity contribution in [2.75, 3.05) is 20.7 Å². The Hall–Kier alpha value is -1.45. The quantitative estimate of drug-likeness (QED) is 0.780. The van der Waals surface area contributed by atoms with Gasteiger partial charge in [-0.1, -0.05) is 0 Å². The third kappa shape index (κ3) is 3.06. The van der Waals surface area contributed by atoms with Gasteiger partial charge in [0.1, 0.15) is 15.6 Å². The summed E-state index contributed by atoms with van der Waals surface area (Å²) in [6, 6.07) is 2.39. The minimum atomic E-state index is -3.87. The highest BCUT2D eigenvalue weighted by Gasteiger charge is 2.25. The van der Waals surface area contributed by atoms with E-state index in [2.05, 4.69) is 4.74 Å². The number of carboxylic acids is 1. The maximum Gasteiger partial charge on any atom is 0.345 e. The molecule has 0 atom stereocenters. The lowest BCUT2D eigenvalue weighted by molar-refractivity contribution is -0.140. The van der Waals surface area contributed by atoms with Gasteiger partial charge in [0.05, 0.1) is 7.11 Å². The molecule has 1 N–H and O–H groups in total. The Morgan fingerprint density at radius 2 is 2.06 bits per heavy atom. The molecule has 0 radical (unpaired) electrons. The fourth-order valence-electron chi connectivity index (χ4n) is 1.06. The average molecular weight is 293 g/mol. The van der Waals surface area contributed by atoms with Crippen molar-refractivity contribution in [2.24, 2.45) is 0 Å². The van der Waals surface area contributed by atoms with E-state index in [1.54, 1.807) is 0 Å². The molecule has 0 amide bonds. The number of ether oxygens (including phenoxy) is 1. The van der Waals surface area contributed by atoms with Crippen LogP contribution in [0.1, 0.15) is 9.67 Å². The second kappa shape index (κ2) is 5.46. The van der Waals surface area contributed by atoms with Gasteiger partial charge >= 0.3 is 11.9 Å². The number of carboxylic acid groups (broad SMARTS) is 1. The van der Waals surface area contributed by atoms with Gasteiger partial charge < -0.3 is 9.84 Å². The summed E-state index contributed by atoms with van der Waals surface area (Å²) in [7, 11) is -1.51. The number of carbonyl (C=O) groups is 2. The number of esters is 1. The van der Waals surface area contributed by atoms with Crippen LogP contribution in [0.2, 0.25) is 0 Å². The van der Waals surface area contributed by atoms with E-state index < -0.39 is 28.5 Å². The highest BCUT2D eigenvalue weighted by Crippen LogP contribution is 2.24. The maximum atomic E-state index is 12.0. The van der Waals surface area contributed by atoms with Gasteiger partial charge in [-0.05, 0) is 12.1 Å². The molecule has 1 aromatic heterocycles. The van der Waals surface area contributed by atoms with Crippen LogP contribution in [-0.2, 0) is 19.6 Å². The lowest BCUT2D eigenvalue weighted by atomic mass is 10.5. The number of likely N-dealkylation sites (N-methyl/N-ethyl adjacent to an activating group) is 1. The summed E-state index contributed by atoms with van der Waals surface area (Å²) in [5, 5.41) is 8.71. The zero-order chi connectivity index (χ0) is 13.9. The van der Waals surface area contributed by atoms with Crippen molar-refractivity contribution in [3.05, 3.63) is 17.0 Å². The Balaban J connectivity index is 2.98. The molecule has 7 nitrogen and oxygen atoms in total. The largest absolute Gasteiger partial charge is 0.477 e. The van der Waals surface area contributed by atoms with E-state index in [4.69, 9.17) is 5.11 Å². The van der Waals surface area contributed by atoms with Crippen molar-refractivity contribution in [3.63, 3.8) is 0 Å². The van der Waals surface area contributed by atoms with Gasteiger partial charge in [0.25, 0.3) is 10.0 Å². The topological polar surface area (TPSA) is 101 Å². The molecule has 0 fully saturated rings. The molecular formula is C9H11NO6S2. The molecule has 18 heavy (non-hydrogen) atoms. The highest BCUT2D eigenvalue weighted by molar-refractivity contribution is 7.91. The number of hydrogen-bond acceptors (Lipinski definition) is 6. The molecule has 0 aliphatic rings. The Morgan fingerprint density at radius 1 is 1.44 bits per heavy atom. The fourth-order valence-corrected chi connectivity index (χ4v) is 3.53. The van der Waals surface area contributed by atoms with Crippen LogP contribution < -0.4 is 0 Å². The van der Waals surface area contributed by atoms with Crippen LogP contribution >= 0.6 is 11.3 Å². The van der Waals surface area contributed by atoms with E-state index >= 15 is 0 Å². The summed E-state index contributed by atoms with van der Waals surface area (Å²) < 4.78 is 28.9. The SMILES string of the molecule is COC(=O)CN(C)S(=O)(=O)c1ccc(C(=O)O)s1. The van der Waals surface area contributed by atoms with Gasteiger partial charge in [-0.3, -0.25) is 4.79 Å². The first-order valence-electron chi connectivity index (χ1n) is 4.65. The number of rotatable bonds is 5. The first-order chi connectivity index (χ1) is 8.28. The van der Waals surface area contributed by atoms with Crippen LogP contribution in [0.15, 0.2) is 16.3 Å². The molecule has 100 valence electrons. The summed E-state index contributed by atoms with van der Waals surface area (Å²) in [6.45, 7) is -0.431. The van der Waals surface area contributed by atoms with Crippen LogP contribution in [0.5, 0.6) is 0 Å². The number of methoxy groups -OCH3 is 1. The van der Waals surface area contributed by atoms with Crippen molar-refractivity contribution >= 4 is 33.3 Å². The van der Waals surface area contributed by atoms with Gasteiger partial charge in [-0.25, -0.2) is 13.2 Å². The summed E-state index contributed by atoms with van der Waals surface area (Å²) in [6.07, 6.45) is 0. The molecule has 1 rings (SSSR count). The standard InChI is InChI=1S/C9H11NO6S2/c1-10(5-7(11)16-2)18(14,15)8-4-3-6(17-8)9(12)13/h3-4H,5H2,1-2H3,(H,12,13). The van der Waals surface area contributed by atoms with E-state index in [-0.39, 0.29) is 9.09 Å². The fraction of sp³-hybridized carbons (Fsp3) is 0.333. The molecule has 0 saturated heterocycles. The van der Waals surface area contributed by atoms with Gasteiger partial charge in [-0.2, -0.15) is 4.31 Å². The summed E-state index contributed by atoms with van der Waals surface area (Å²) >= 11 is 0.630. The molecule has 0 aliphatic carbocycles. The normalized spacial score (nSPS) is 11.5. The van der Waals surface area contributed by atoms with Crippen molar-refractivity contribution < 1.29 is 27.9 Å². The minimum Gasteiger partial charge on any atom is -0.477 e. The van der Waals surface area contributed by atoms with Crippen LogP contribution in [0.4, 0.5) is 0 Å². The van der Waals surface area contributed by atoms with Crippen LogP contribution in [0.3, 0.4) is 0 Å². The lowest BCUT2D eigenvalue weighted by Gasteiger charge is -2.14. The summed E-state index contributed by atoms with van der Waals surface area (Å²) in [5.74, 6) is -1.90. The molecule has 1 heterocycles. The smallest absolute Gasteiger partial charge is 0.345 e. The van der Waals surface area contributed by atoms with Gasteiger partial charge in [0, 0.05) is 7.05 Å². The third-order valence-electron chi connectivity index (χ3n) is 2.04. The Kier molecular flexibility index (Phi) is 4.43. The van der Waals surface area contributed by atoms with Crippen molar-refractivity contribution in [1.82, 2.24) is 4.31 Å². The maximum absolute atomic E-state index is 12.0. The number of hydrogen-bond donors (Lipinski definition) is 1. The second-order valence-electron chi connectivity index (χ2n) is 3.26. The highest BCUT2D eigenvalue weighted by atomic mass is 32.2. The van der Waals surface area contributed by atoms with Crippen LogP contribution in [0.25, 0.3) is 0 Å². The Labute approximate surface area is 108 Å². The average Bonchev–Trinajstić information content (AvgIpc) is 2.78. The zero-order valence-electron chi connectivity index (χ0n) is 9.61. The molecular weight excluding hydrogens is 282 g/mol. The van der Waals surface area contributed by atoms with E-state index in [0.717, 1.165) is 11.4 Å². The van der Waals surface area contributed by atoms with E-state index in [9.17, 15) is 18.0 Å². The Bertz CT molecular complexity index is 561. The zero-order valence-corrected chi connectivity index (χ0v) is 11.2. The van der Waals surface area contributed by atoms with Gasteiger partial charge in [-0.15, -0.1) is 11.3 Å². The predicted molar refractivity (Wildman–Crippen MR) is 63.1 cm³/mol. The monoisotopic (exact) mass is 293 g/mol. The lowest BCUT2D eigenvalue weighted by Crippen LogP contribution is -2.32. The number of thiophene rings is 1. The van der Waals surface area contributed by atoms with Gasteiger partial charge in [0.15, 0.2) is 0 Å². The molecule has 0 aliphatic heterocycles. The first kappa shape index (κ1) is 14.6. The number of sulfonamides is 1. The second-order valence-corrected chi connectivity index (χ2v) is 6.62. The molecule has 0 spiro atoms. The number of nitrogens with zero attached hydrogens (tertiary/aromatic N) is 1. The number of aromatic carboxylic acids is 1. The molecule has 0 saturated carbocycles. The van der Waals surface area contributed by atoms with Crippen LogP contribution in [-0.4, -0.2) is 50.5 Å². The van der Waals surface area contributed by atoms with Crippen molar-refractivity contribution in [3.8, 4) is 0 Å². The summed E-state index contributed by atoms with van der Waals surface area (Å²) in [5.41, 5.74) is 0. The number of carbonyl (C=O) groups excluding carboxylic acids is 1. The summed E-state index contributed by atoms with van der Waals surface area (Å²) in [4.78, 5) is 21.6. The third-order valence-corrected chi connectivity index (χ3v) is 5.38. The first-order valence-corrected chi connectivity index (χ1v) is 6.91. The molecule has 1 aromatic rings. The van der Waals surface area contributed by atoms with E-state index in [1.165, 1.54) is 19.2 Å². The molecule has 0 aromatic carbocycles. The van der Waals surface area contributed by atoms with Gasteiger partial charge in [0.2, 0.25) is 0 Å². The Morgan fingerprint density at radius 3 is 2.50 bits per heavy atom. The molecule has 0 bridgehead atoms.